The number of hydrogen-bond donors (Lipinski definition) is 1. The van der Waals surface area contributed by atoms with Crippen LogP contribution in [0.15, 0.2) is 36.4 Å². The second-order valence-electron chi connectivity index (χ2n) is 3.93. The number of aromatic nitrogens is 1. The third-order valence-corrected chi connectivity index (χ3v) is 2.98. The van der Waals surface area contributed by atoms with Gasteiger partial charge in [-0.2, -0.15) is 0 Å². The van der Waals surface area contributed by atoms with E-state index >= 15 is 0 Å². The van der Waals surface area contributed by atoms with Crippen LogP contribution in [0.4, 0.5) is 0 Å². The van der Waals surface area contributed by atoms with Crippen molar-refractivity contribution in [2.45, 2.75) is 0 Å². The van der Waals surface area contributed by atoms with Gasteiger partial charge in [0.15, 0.2) is 6.29 Å². The van der Waals surface area contributed by atoms with Gasteiger partial charge in [-0.3, -0.25) is 4.79 Å². The quantitative estimate of drug-likeness (QED) is 0.681. The third kappa shape index (κ3) is 1.40. The van der Waals surface area contributed by atoms with Crippen molar-refractivity contribution in [1.82, 2.24) is 4.98 Å². The summed E-state index contributed by atoms with van der Waals surface area (Å²) in [7, 11) is 1.60. The number of hydrogen-bond acceptors (Lipinski definition) is 2. The predicted molar refractivity (Wildman–Crippen MR) is 67.7 cm³/mol. The molecule has 0 unspecified atom stereocenters. The molecule has 0 amide bonds. The summed E-state index contributed by atoms with van der Waals surface area (Å²) in [6.07, 6.45) is 0.847. The molecule has 84 valence electrons. The molecule has 3 heteroatoms. The molecular formula is C14H11NO2. The van der Waals surface area contributed by atoms with E-state index in [-0.39, 0.29) is 0 Å². The summed E-state index contributed by atoms with van der Waals surface area (Å²) in [4.78, 5) is 14.4. The molecule has 0 fully saturated rings. The van der Waals surface area contributed by atoms with E-state index in [0.29, 0.717) is 11.3 Å². The lowest BCUT2D eigenvalue weighted by atomic mass is 10.1. The number of fused-ring (bicyclic) bond motifs is 3. The van der Waals surface area contributed by atoms with E-state index < -0.39 is 0 Å². The highest BCUT2D eigenvalue weighted by atomic mass is 16.5. The number of rotatable bonds is 2. The minimum atomic E-state index is 0.621. The Bertz CT molecular complexity index is 713. The first kappa shape index (κ1) is 9.90. The van der Waals surface area contributed by atoms with Gasteiger partial charge in [0.2, 0.25) is 0 Å². The smallest absolute Gasteiger partial charge is 0.152 e. The predicted octanol–water partition coefficient (Wildman–Crippen LogP) is 3.14. The zero-order valence-corrected chi connectivity index (χ0v) is 9.36. The van der Waals surface area contributed by atoms with Crippen LogP contribution in [-0.4, -0.2) is 18.4 Å². The summed E-state index contributed by atoms with van der Waals surface area (Å²) >= 11 is 0. The maximum atomic E-state index is 11.1. The number of carbonyl (C=O) groups excluding carboxylic acids is 1. The summed E-state index contributed by atoms with van der Waals surface area (Å²) in [6, 6.07) is 11.7. The number of methoxy groups -OCH3 is 1. The zero-order valence-electron chi connectivity index (χ0n) is 9.36. The third-order valence-electron chi connectivity index (χ3n) is 2.98. The molecule has 1 N–H and O–H groups in total. The van der Waals surface area contributed by atoms with E-state index in [0.717, 1.165) is 28.1 Å². The molecule has 3 rings (SSSR count). The highest BCUT2D eigenvalue weighted by Crippen LogP contribution is 2.30. The van der Waals surface area contributed by atoms with E-state index in [9.17, 15) is 4.79 Å². The average Bonchev–Trinajstić information content (AvgIpc) is 2.76. The van der Waals surface area contributed by atoms with Crippen LogP contribution in [0.3, 0.4) is 0 Å². The number of carbonyl (C=O) groups is 1. The van der Waals surface area contributed by atoms with Gasteiger partial charge in [-0.25, -0.2) is 0 Å². The Kier molecular flexibility index (Phi) is 2.11. The fourth-order valence-corrected chi connectivity index (χ4v) is 2.16. The number of H-pyrrole nitrogens is 1. The number of benzene rings is 2. The van der Waals surface area contributed by atoms with Crippen LogP contribution >= 0.6 is 0 Å². The van der Waals surface area contributed by atoms with Gasteiger partial charge in [0.05, 0.1) is 12.6 Å². The molecule has 0 aliphatic carbocycles. The number of ether oxygens (including phenoxy) is 1. The molecule has 0 saturated heterocycles. The Morgan fingerprint density at radius 2 is 2.00 bits per heavy atom. The van der Waals surface area contributed by atoms with Gasteiger partial charge < -0.3 is 9.72 Å². The molecule has 17 heavy (non-hydrogen) atoms. The standard InChI is InChI=1S/C14H11NO2/c1-17-10-6-9(8-16)14-12(7-10)11-4-2-3-5-13(11)15-14/h2-8,15H,1H3. The summed E-state index contributed by atoms with van der Waals surface area (Å²) in [5, 5.41) is 2.12. The van der Waals surface area contributed by atoms with E-state index in [4.69, 9.17) is 4.74 Å². The van der Waals surface area contributed by atoms with Gasteiger partial charge in [-0.15, -0.1) is 0 Å². The fourth-order valence-electron chi connectivity index (χ4n) is 2.16. The highest BCUT2D eigenvalue weighted by Gasteiger charge is 2.09. The Balaban J connectivity index is 2.51. The summed E-state index contributed by atoms with van der Waals surface area (Å²) in [6.45, 7) is 0. The van der Waals surface area contributed by atoms with Gasteiger partial charge in [-0.1, -0.05) is 18.2 Å². The molecule has 0 atom stereocenters. The molecule has 0 aliphatic heterocycles. The van der Waals surface area contributed by atoms with Crippen molar-refractivity contribution < 1.29 is 9.53 Å². The molecule has 0 spiro atoms. The van der Waals surface area contributed by atoms with Crippen LogP contribution in [0, 0.1) is 0 Å². The molecule has 3 nitrogen and oxygen atoms in total. The van der Waals surface area contributed by atoms with Crippen LogP contribution in [-0.2, 0) is 0 Å². The van der Waals surface area contributed by atoms with Gasteiger partial charge in [0.25, 0.3) is 0 Å². The lowest BCUT2D eigenvalue weighted by Gasteiger charge is -2.01. The monoisotopic (exact) mass is 225 g/mol. The molecule has 0 aliphatic rings. The van der Waals surface area contributed by atoms with Gasteiger partial charge >= 0.3 is 0 Å². The number of aromatic amines is 1. The van der Waals surface area contributed by atoms with Crippen LogP contribution in [0.25, 0.3) is 21.8 Å². The van der Waals surface area contributed by atoms with Gasteiger partial charge in [-0.05, 0) is 18.2 Å². The SMILES string of the molecule is COc1cc(C=O)c2[nH]c3ccccc3c2c1. The summed E-state index contributed by atoms with van der Waals surface area (Å²) in [5.41, 5.74) is 2.51. The Labute approximate surface area is 98.0 Å². The van der Waals surface area contributed by atoms with E-state index in [1.54, 1.807) is 13.2 Å². The van der Waals surface area contributed by atoms with Crippen molar-refractivity contribution in [2.24, 2.45) is 0 Å². The van der Waals surface area contributed by atoms with Crippen molar-refractivity contribution in [3.63, 3.8) is 0 Å². The van der Waals surface area contributed by atoms with Crippen molar-refractivity contribution in [3.8, 4) is 5.75 Å². The Hall–Kier alpha value is -2.29. The van der Waals surface area contributed by atoms with Crippen LogP contribution in [0.1, 0.15) is 10.4 Å². The van der Waals surface area contributed by atoms with E-state index in [1.807, 2.05) is 30.3 Å². The Morgan fingerprint density at radius 3 is 2.76 bits per heavy atom. The first-order chi connectivity index (χ1) is 8.33. The number of aldehydes is 1. The molecule has 0 radical (unpaired) electrons. The molecule has 1 aromatic heterocycles. The lowest BCUT2D eigenvalue weighted by Crippen LogP contribution is -1.87. The highest BCUT2D eigenvalue weighted by molar-refractivity contribution is 6.12. The van der Waals surface area contributed by atoms with Crippen molar-refractivity contribution >= 4 is 28.1 Å². The zero-order chi connectivity index (χ0) is 11.8. The van der Waals surface area contributed by atoms with Crippen molar-refractivity contribution in [2.75, 3.05) is 7.11 Å². The lowest BCUT2D eigenvalue weighted by molar-refractivity contribution is 0.112. The van der Waals surface area contributed by atoms with Crippen molar-refractivity contribution in [3.05, 3.63) is 42.0 Å². The second-order valence-corrected chi connectivity index (χ2v) is 3.93. The van der Waals surface area contributed by atoms with Gasteiger partial charge in [0.1, 0.15) is 5.75 Å². The van der Waals surface area contributed by atoms with E-state index in [1.165, 1.54) is 0 Å². The average molecular weight is 225 g/mol. The molecular weight excluding hydrogens is 214 g/mol. The van der Waals surface area contributed by atoms with E-state index in [2.05, 4.69) is 4.98 Å². The van der Waals surface area contributed by atoms with Crippen LogP contribution in [0.5, 0.6) is 5.75 Å². The van der Waals surface area contributed by atoms with Gasteiger partial charge in [0, 0.05) is 21.9 Å². The first-order valence-electron chi connectivity index (χ1n) is 5.37. The maximum absolute atomic E-state index is 11.1. The van der Waals surface area contributed by atoms with Crippen molar-refractivity contribution in [1.29, 1.82) is 0 Å². The molecule has 3 aromatic rings. The van der Waals surface area contributed by atoms with Crippen LogP contribution in [0.2, 0.25) is 0 Å². The first-order valence-corrected chi connectivity index (χ1v) is 5.37. The number of para-hydroxylation sites is 1. The molecule has 0 saturated carbocycles. The molecule has 0 bridgehead atoms. The molecule has 1 heterocycles. The Morgan fingerprint density at radius 1 is 1.18 bits per heavy atom. The fraction of sp³-hybridized carbons (Fsp3) is 0.0714. The largest absolute Gasteiger partial charge is 0.497 e. The minimum Gasteiger partial charge on any atom is -0.497 e. The number of nitrogens with one attached hydrogen (secondary N) is 1. The van der Waals surface area contributed by atoms with Crippen LogP contribution < -0.4 is 4.74 Å². The normalized spacial score (nSPS) is 10.9. The minimum absolute atomic E-state index is 0.621. The summed E-state index contributed by atoms with van der Waals surface area (Å²) in [5.74, 6) is 0.698. The second kappa shape index (κ2) is 3.63. The summed E-state index contributed by atoms with van der Waals surface area (Å²) < 4.78 is 5.21. The topological polar surface area (TPSA) is 42.1 Å². The maximum Gasteiger partial charge on any atom is 0.152 e. The molecule has 2 aromatic carbocycles.